The maximum Gasteiger partial charge on any atom is 0.101 e. The Balaban J connectivity index is 3.81. The third-order valence-corrected chi connectivity index (χ3v) is 4.48. The van der Waals surface area contributed by atoms with Crippen LogP contribution in [0.3, 0.4) is 0 Å². The van der Waals surface area contributed by atoms with Crippen molar-refractivity contribution in [3.63, 3.8) is 0 Å². The Morgan fingerprint density at radius 2 is 0.906 bits per heavy atom. The van der Waals surface area contributed by atoms with Crippen LogP contribution in [0.5, 0.6) is 0 Å². The molecule has 10 heteroatoms. The average Bonchev–Trinajstić information content (AvgIpc) is 2.71. The number of hydrogen-bond acceptors (Lipinski definition) is 10. The van der Waals surface area contributed by atoms with Crippen molar-refractivity contribution in [2.75, 3.05) is 79.3 Å². The van der Waals surface area contributed by atoms with E-state index < -0.39 is 12.2 Å². The SMILES string of the molecule is CC(C)(CCOCC(O)COCCO)OCCC(C)(C)OCCOCC(O)COCCO. The van der Waals surface area contributed by atoms with E-state index in [0.717, 1.165) is 0 Å². The van der Waals surface area contributed by atoms with Crippen LogP contribution in [0.1, 0.15) is 40.5 Å². The van der Waals surface area contributed by atoms with E-state index in [-0.39, 0.29) is 64.1 Å². The largest absolute Gasteiger partial charge is 0.394 e. The minimum Gasteiger partial charge on any atom is -0.394 e. The quantitative estimate of drug-likeness (QED) is 0.153. The third-order valence-electron chi connectivity index (χ3n) is 4.48. The molecule has 0 aliphatic heterocycles. The molecule has 32 heavy (non-hydrogen) atoms. The van der Waals surface area contributed by atoms with Crippen molar-refractivity contribution in [2.24, 2.45) is 0 Å². The first-order valence-electron chi connectivity index (χ1n) is 11.3. The normalized spacial score (nSPS) is 14.6. The van der Waals surface area contributed by atoms with Crippen LogP contribution in [0.25, 0.3) is 0 Å². The maximum atomic E-state index is 9.70. The smallest absolute Gasteiger partial charge is 0.101 e. The number of ether oxygens (including phenoxy) is 6. The Kier molecular flexibility index (Phi) is 18.7. The number of rotatable bonds is 23. The number of aliphatic hydroxyl groups excluding tert-OH is 4. The lowest BCUT2D eigenvalue weighted by Gasteiger charge is -2.30. The monoisotopic (exact) mass is 470 g/mol. The highest BCUT2D eigenvalue weighted by molar-refractivity contribution is 4.72. The minimum atomic E-state index is -0.725. The van der Waals surface area contributed by atoms with Gasteiger partial charge in [-0.25, -0.2) is 0 Å². The Bertz CT molecular complexity index is 420. The van der Waals surface area contributed by atoms with E-state index >= 15 is 0 Å². The van der Waals surface area contributed by atoms with Crippen LogP contribution in [0.2, 0.25) is 0 Å². The van der Waals surface area contributed by atoms with E-state index in [0.29, 0.717) is 39.3 Å². The summed E-state index contributed by atoms with van der Waals surface area (Å²) in [5.41, 5.74) is -0.747. The van der Waals surface area contributed by atoms with Gasteiger partial charge in [0.05, 0.1) is 83.9 Å². The molecule has 0 aromatic heterocycles. The molecule has 0 saturated carbocycles. The predicted molar refractivity (Wildman–Crippen MR) is 119 cm³/mol. The number of hydrogen-bond donors (Lipinski definition) is 4. The van der Waals surface area contributed by atoms with Gasteiger partial charge in [-0.3, -0.25) is 0 Å². The van der Waals surface area contributed by atoms with Crippen molar-refractivity contribution >= 4 is 0 Å². The molecule has 0 rings (SSSR count). The summed E-state index contributed by atoms with van der Waals surface area (Å²) < 4.78 is 32.8. The summed E-state index contributed by atoms with van der Waals surface area (Å²) in [5.74, 6) is 0. The summed E-state index contributed by atoms with van der Waals surface area (Å²) in [5, 5.41) is 36.6. The van der Waals surface area contributed by atoms with Gasteiger partial charge in [0.2, 0.25) is 0 Å². The molecule has 0 heterocycles. The van der Waals surface area contributed by atoms with Crippen LogP contribution in [-0.4, -0.2) is 123 Å². The molecule has 0 aromatic rings. The van der Waals surface area contributed by atoms with Crippen LogP contribution in [-0.2, 0) is 28.4 Å². The van der Waals surface area contributed by atoms with Crippen molar-refractivity contribution in [1.82, 2.24) is 0 Å². The van der Waals surface area contributed by atoms with E-state index in [1.54, 1.807) is 0 Å². The summed E-state index contributed by atoms with van der Waals surface area (Å²) >= 11 is 0. The lowest BCUT2D eigenvalue weighted by molar-refractivity contribution is -0.0963. The van der Waals surface area contributed by atoms with Gasteiger partial charge in [-0.05, 0) is 40.5 Å². The first kappa shape index (κ1) is 31.6. The van der Waals surface area contributed by atoms with Gasteiger partial charge in [0.15, 0.2) is 0 Å². The molecule has 10 nitrogen and oxygen atoms in total. The highest BCUT2D eigenvalue weighted by Crippen LogP contribution is 2.19. The second-order valence-corrected chi connectivity index (χ2v) is 8.77. The van der Waals surface area contributed by atoms with E-state index in [4.69, 9.17) is 38.6 Å². The standard InChI is InChI=1S/C22H46O10/c1-21(2,5-9-27-15-19(25)16-28-11-7-23)31-10-6-22(3,4)32-14-13-30-18-20(26)17-29-12-8-24/h19-20,23-26H,5-18H2,1-4H3. The highest BCUT2D eigenvalue weighted by Gasteiger charge is 2.23. The molecule has 4 N–H and O–H groups in total. The Labute approximate surface area is 192 Å². The molecular weight excluding hydrogens is 424 g/mol. The molecule has 0 spiro atoms. The van der Waals surface area contributed by atoms with Crippen LogP contribution in [0.4, 0.5) is 0 Å². The molecule has 0 aromatic carbocycles. The summed E-state index contributed by atoms with van der Waals surface area (Å²) in [7, 11) is 0. The van der Waals surface area contributed by atoms with Crippen molar-refractivity contribution < 1.29 is 48.8 Å². The van der Waals surface area contributed by atoms with Crippen LogP contribution in [0.15, 0.2) is 0 Å². The summed E-state index contributed by atoms with van der Waals surface area (Å²) in [6, 6.07) is 0. The zero-order chi connectivity index (χ0) is 24.3. The van der Waals surface area contributed by atoms with Gasteiger partial charge < -0.3 is 48.8 Å². The van der Waals surface area contributed by atoms with E-state index in [1.165, 1.54) is 0 Å². The zero-order valence-corrected chi connectivity index (χ0v) is 20.3. The minimum absolute atomic E-state index is 0.0680. The van der Waals surface area contributed by atoms with Gasteiger partial charge in [-0.2, -0.15) is 0 Å². The summed E-state index contributed by atoms with van der Waals surface area (Å²) in [6.07, 6.45) is -0.0561. The average molecular weight is 471 g/mol. The molecule has 0 fully saturated rings. The Morgan fingerprint density at radius 1 is 0.531 bits per heavy atom. The lowest BCUT2D eigenvalue weighted by Crippen LogP contribution is -2.33. The Hall–Kier alpha value is -0.400. The molecule has 0 radical (unpaired) electrons. The zero-order valence-electron chi connectivity index (χ0n) is 20.3. The summed E-state index contributed by atoms with van der Waals surface area (Å²) in [6.45, 7) is 10.6. The molecule has 0 aliphatic rings. The molecule has 194 valence electrons. The summed E-state index contributed by atoms with van der Waals surface area (Å²) in [4.78, 5) is 0. The van der Waals surface area contributed by atoms with Crippen LogP contribution >= 0.6 is 0 Å². The van der Waals surface area contributed by atoms with E-state index in [9.17, 15) is 10.2 Å². The van der Waals surface area contributed by atoms with Gasteiger partial charge in [-0.15, -0.1) is 0 Å². The van der Waals surface area contributed by atoms with Gasteiger partial charge >= 0.3 is 0 Å². The first-order valence-corrected chi connectivity index (χ1v) is 11.3. The van der Waals surface area contributed by atoms with Gasteiger partial charge in [0.25, 0.3) is 0 Å². The van der Waals surface area contributed by atoms with Crippen molar-refractivity contribution in [1.29, 1.82) is 0 Å². The fraction of sp³-hybridized carbons (Fsp3) is 1.00. The molecule has 0 saturated heterocycles. The van der Waals surface area contributed by atoms with Crippen molar-refractivity contribution in [2.45, 2.75) is 63.9 Å². The second kappa shape index (κ2) is 19.0. The fourth-order valence-electron chi connectivity index (χ4n) is 2.52. The molecule has 2 unspecified atom stereocenters. The van der Waals surface area contributed by atoms with Crippen molar-refractivity contribution in [3.8, 4) is 0 Å². The molecular formula is C22H46O10. The highest BCUT2D eigenvalue weighted by atomic mass is 16.5. The lowest BCUT2D eigenvalue weighted by atomic mass is 10.0. The molecule has 0 amide bonds. The van der Waals surface area contributed by atoms with E-state index in [1.807, 2.05) is 27.7 Å². The molecule has 0 bridgehead atoms. The second-order valence-electron chi connectivity index (χ2n) is 8.77. The van der Waals surface area contributed by atoms with Crippen LogP contribution in [0, 0.1) is 0 Å². The predicted octanol–water partition coefficient (Wildman–Crippen LogP) is 0.130. The maximum absolute atomic E-state index is 9.70. The first-order chi connectivity index (χ1) is 15.1. The number of aliphatic hydroxyl groups is 4. The fourth-order valence-corrected chi connectivity index (χ4v) is 2.52. The van der Waals surface area contributed by atoms with Crippen molar-refractivity contribution in [3.05, 3.63) is 0 Å². The third kappa shape index (κ3) is 20.2. The van der Waals surface area contributed by atoms with Gasteiger partial charge in [0.1, 0.15) is 12.2 Å². The van der Waals surface area contributed by atoms with Crippen LogP contribution < -0.4 is 0 Å². The van der Waals surface area contributed by atoms with Gasteiger partial charge in [0, 0.05) is 6.61 Å². The van der Waals surface area contributed by atoms with E-state index in [2.05, 4.69) is 0 Å². The van der Waals surface area contributed by atoms with Gasteiger partial charge in [-0.1, -0.05) is 0 Å². The molecule has 0 aliphatic carbocycles. The Morgan fingerprint density at radius 3 is 1.38 bits per heavy atom. The topological polar surface area (TPSA) is 136 Å². The molecule has 2 atom stereocenters.